The number of nitrogens with one attached hydrogen (secondary N) is 1. The van der Waals surface area contributed by atoms with Crippen molar-refractivity contribution in [3.8, 4) is 0 Å². The first-order valence-electron chi connectivity index (χ1n) is 5.78. The van der Waals surface area contributed by atoms with Crippen molar-refractivity contribution in [1.82, 2.24) is 9.97 Å². The summed E-state index contributed by atoms with van der Waals surface area (Å²) in [4.78, 5) is 30.6. The van der Waals surface area contributed by atoms with Gasteiger partial charge in [-0.1, -0.05) is 11.8 Å². The van der Waals surface area contributed by atoms with E-state index < -0.39 is 5.97 Å². The molecule has 2 aromatic heterocycles. The lowest BCUT2D eigenvalue weighted by molar-refractivity contribution is -0.113. The van der Waals surface area contributed by atoms with Crippen molar-refractivity contribution in [2.24, 2.45) is 0 Å². The Labute approximate surface area is 133 Å². The van der Waals surface area contributed by atoms with Crippen molar-refractivity contribution in [3.05, 3.63) is 46.7 Å². The minimum absolute atomic E-state index is 0.119. The molecule has 8 heteroatoms. The highest BCUT2D eigenvalue weighted by Gasteiger charge is 2.08. The molecule has 21 heavy (non-hydrogen) atoms. The zero-order valence-electron chi connectivity index (χ0n) is 10.6. The molecule has 0 saturated heterocycles. The fraction of sp³-hybridized carbons (Fsp3) is 0.0769. The lowest BCUT2D eigenvalue weighted by Gasteiger charge is -2.04. The van der Waals surface area contributed by atoms with E-state index in [1.807, 2.05) is 0 Å². The van der Waals surface area contributed by atoms with Crippen LogP contribution in [0.15, 0.2) is 46.2 Å². The third-order valence-electron chi connectivity index (χ3n) is 2.33. The van der Waals surface area contributed by atoms with Crippen molar-refractivity contribution in [2.45, 2.75) is 5.03 Å². The average molecular weight is 368 g/mol. The maximum absolute atomic E-state index is 11.8. The molecule has 0 aromatic carbocycles. The lowest BCUT2D eigenvalue weighted by Crippen LogP contribution is -2.15. The van der Waals surface area contributed by atoms with E-state index in [0.717, 1.165) is 16.2 Å². The second-order valence-corrected chi connectivity index (χ2v) is 5.80. The van der Waals surface area contributed by atoms with Gasteiger partial charge in [0.1, 0.15) is 5.82 Å². The van der Waals surface area contributed by atoms with Crippen molar-refractivity contribution >= 4 is 45.4 Å². The van der Waals surface area contributed by atoms with Crippen LogP contribution in [0.1, 0.15) is 10.4 Å². The van der Waals surface area contributed by atoms with Crippen molar-refractivity contribution in [1.29, 1.82) is 0 Å². The van der Waals surface area contributed by atoms with Crippen molar-refractivity contribution in [3.63, 3.8) is 0 Å². The molecule has 2 N–H and O–H groups in total. The lowest BCUT2D eigenvalue weighted by atomic mass is 10.3. The molecule has 0 radical (unpaired) electrons. The van der Waals surface area contributed by atoms with Gasteiger partial charge in [0.05, 0.1) is 16.3 Å². The van der Waals surface area contributed by atoms with E-state index >= 15 is 0 Å². The van der Waals surface area contributed by atoms with Crippen LogP contribution in [-0.2, 0) is 4.79 Å². The number of pyridine rings is 2. The second-order valence-electron chi connectivity index (χ2n) is 3.89. The fourth-order valence-electron chi connectivity index (χ4n) is 1.39. The number of anilines is 1. The van der Waals surface area contributed by atoms with E-state index in [4.69, 9.17) is 5.11 Å². The van der Waals surface area contributed by atoms with E-state index in [9.17, 15) is 9.59 Å². The first kappa shape index (κ1) is 15.5. The SMILES string of the molecule is O=C(CSc1cc(C(=O)O)ccn1)Nc1ccc(Br)cn1. The Hall–Kier alpha value is -1.93. The predicted molar refractivity (Wildman–Crippen MR) is 82.5 cm³/mol. The molecule has 1 amide bonds. The zero-order valence-corrected chi connectivity index (χ0v) is 13.0. The number of carboxylic acid groups (broad SMARTS) is 1. The Morgan fingerprint density at radius 2 is 2.10 bits per heavy atom. The van der Waals surface area contributed by atoms with Crippen LogP contribution in [0.5, 0.6) is 0 Å². The third kappa shape index (κ3) is 4.83. The summed E-state index contributed by atoms with van der Waals surface area (Å²) in [7, 11) is 0. The van der Waals surface area contributed by atoms with Gasteiger partial charge in [-0.15, -0.1) is 0 Å². The third-order valence-corrected chi connectivity index (χ3v) is 3.72. The molecule has 2 aromatic rings. The van der Waals surface area contributed by atoms with Gasteiger partial charge in [-0.3, -0.25) is 4.79 Å². The first-order valence-corrected chi connectivity index (χ1v) is 7.56. The van der Waals surface area contributed by atoms with E-state index in [2.05, 4.69) is 31.2 Å². The summed E-state index contributed by atoms with van der Waals surface area (Å²) in [5.41, 5.74) is 0.141. The second kappa shape index (κ2) is 7.19. The van der Waals surface area contributed by atoms with Gasteiger partial charge in [0.2, 0.25) is 5.91 Å². The Morgan fingerprint density at radius 3 is 2.76 bits per heavy atom. The number of halogens is 1. The molecule has 0 bridgehead atoms. The molecule has 0 atom stereocenters. The van der Waals surface area contributed by atoms with Crippen molar-refractivity contribution in [2.75, 3.05) is 11.1 Å². The number of rotatable bonds is 5. The zero-order chi connectivity index (χ0) is 15.2. The number of aromatic carboxylic acids is 1. The predicted octanol–water partition coefficient (Wildman–Crippen LogP) is 2.67. The number of hydrogen-bond donors (Lipinski definition) is 2. The highest BCUT2D eigenvalue weighted by Crippen LogP contribution is 2.17. The van der Waals surface area contributed by atoms with Crippen LogP contribution < -0.4 is 5.32 Å². The molecule has 0 fully saturated rings. The van der Waals surface area contributed by atoms with Gasteiger partial charge in [0, 0.05) is 16.9 Å². The van der Waals surface area contributed by atoms with E-state index in [1.54, 1.807) is 18.3 Å². The summed E-state index contributed by atoms with van der Waals surface area (Å²) in [6.45, 7) is 0. The summed E-state index contributed by atoms with van der Waals surface area (Å²) in [6, 6.07) is 6.28. The maximum Gasteiger partial charge on any atom is 0.335 e. The smallest absolute Gasteiger partial charge is 0.335 e. The van der Waals surface area contributed by atoms with Crippen LogP contribution in [0, 0.1) is 0 Å². The topological polar surface area (TPSA) is 92.2 Å². The molecule has 6 nitrogen and oxygen atoms in total. The summed E-state index contributed by atoms with van der Waals surface area (Å²) < 4.78 is 0.824. The number of carbonyl (C=O) groups excluding carboxylic acids is 1. The number of aromatic nitrogens is 2. The summed E-state index contributed by atoms with van der Waals surface area (Å²) in [6.07, 6.45) is 2.99. The largest absolute Gasteiger partial charge is 0.478 e. The highest BCUT2D eigenvalue weighted by molar-refractivity contribution is 9.10. The van der Waals surface area contributed by atoms with Gasteiger partial charge in [-0.2, -0.15) is 0 Å². The number of nitrogens with zero attached hydrogens (tertiary/aromatic N) is 2. The summed E-state index contributed by atoms with van der Waals surface area (Å²) in [5, 5.41) is 12.0. The Bertz CT molecular complexity index is 664. The Balaban J connectivity index is 1.90. The molecular weight excluding hydrogens is 358 g/mol. The normalized spacial score (nSPS) is 10.1. The first-order chi connectivity index (χ1) is 10.0. The fourth-order valence-corrected chi connectivity index (χ4v) is 2.32. The van der Waals surface area contributed by atoms with Crippen LogP contribution >= 0.6 is 27.7 Å². The minimum atomic E-state index is -1.03. The highest BCUT2D eigenvalue weighted by atomic mass is 79.9. The molecule has 2 heterocycles. The molecule has 108 valence electrons. The molecule has 0 aliphatic heterocycles. The van der Waals surface area contributed by atoms with Crippen LogP contribution in [0.2, 0.25) is 0 Å². The number of thioether (sulfide) groups is 1. The average Bonchev–Trinajstić information content (AvgIpc) is 2.48. The summed E-state index contributed by atoms with van der Waals surface area (Å²) in [5.74, 6) is -0.690. The van der Waals surface area contributed by atoms with Gasteiger partial charge in [0.15, 0.2) is 0 Å². The Morgan fingerprint density at radius 1 is 1.29 bits per heavy atom. The number of hydrogen-bond acceptors (Lipinski definition) is 5. The standard InChI is InChI=1S/C13H10BrN3O3S/c14-9-1-2-10(16-6-9)17-11(18)7-21-12-5-8(13(19)20)3-4-15-12/h1-6H,7H2,(H,19,20)(H,16,17,18). The monoisotopic (exact) mass is 367 g/mol. The van der Waals surface area contributed by atoms with Crippen LogP contribution in [0.3, 0.4) is 0 Å². The van der Waals surface area contributed by atoms with Gasteiger partial charge in [-0.25, -0.2) is 14.8 Å². The van der Waals surface area contributed by atoms with Crippen molar-refractivity contribution < 1.29 is 14.7 Å². The van der Waals surface area contributed by atoms with Gasteiger partial charge in [-0.05, 0) is 40.2 Å². The minimum Gasteiger partial charge on any atom is -0.478 e. The van der Waals surface area contributed by atoms with Crippen LogP contribution in [0.25, 0.3) is 0 Å². The maximum atomic E-state index is 11.8. The molecule has 0 saturated carbocycles. The molecule has 0 aliphatic carbocycles. The quantitative estimate of drug-likeness (QED) is 0.789. The van der Waals surface area contributed by atoms with Gasteiger partial charge >= 0.3 is 5.97 Å². The summed E-state index contributed by atoms with van der Waals surface area (Å²) >= 11 is 4.41. The number of amides is 1. The number of carbonyl (C=O) groups is 2. The van der Waals surface area contributed by atoms with E-state index in [-0.39, 0.29) is 17.2 Å². The van der Waals surface area contributed by atoms with Crippen LogP contribution in [0.4, 0.5) is 5.82 Å². The molecule has 0 unspecified atom stereocenters. The molecule has 0 spiro atoms. The number of carboxylic acids is 1. The Kier molecular flexibility index (Phi) is 5.29. The molecule has 2 rings (SSSR count). The molecule has 0 aliphatic rings. The van der Waals surface area contributed by atoms with E-state index in [1.165, 1.54) is 18.3 Å². The van der Waals surface area contributed by atoms with E-state index in [0.29, 0.717) is 10.8 Å². The van der Waals surface area contributed by atoms with Crippen LogP contribution in [-0.4, -0.2) is 32.7 Å². The van der Waals surface area contributed by atoms with Gasteiger partial charge < -0.3 is 10.4 Å². The molecular formula is C13H10BrN3O3S. The van der Waals surface area contributed by atoms with Gasteiger partial charge in [0.25, 0.3) is 0 Å².